The average Bonchev–Trinajstić information content (AvgIpc) is 3.43. The zero-order chi connectivity index (χ0) is 23.6. The van der Waals surface area contributed by atoms with Crippen molar-refractivity contribution < 1.29 is 9.59 Å². The minimum atomic E-state index is -0.402. The van der Waals surface area contributed by atoms with Crippen molar-refractivity contribution in [2.75, 3.05) is 32.1 Å². The van der Waals surface area contributed by atoms with Crippen LogP contribution in [0, 0.1) is 5.92 Å². The Balaban J connectivity index is 2.01. The van der Waals surface area contributed by atoms with E-state index in [1.165, 1.54) is 0 Å². The molecule has 3 rings (SSSR count). The Kier molecular flexibility index (Phi) is 6.98. The summed E-state index contributed by atoms with van der Waals surface area (Å²) >= 11 is 6.54. The molecule has 2 unspecified atom stereocenters. The molecule has 1 fully saturated rings. The fraction of sp³-hybridized carbons (Fsp3) is 0.409. The SMILES string of the molecule is C=C(N)/C(C(=O)NC(C)c1cc(Cl)c2cn[nH]c2c1N1CCC(C(=O)NC)C1)=C(\C)NC. The number of hydrogen-bond acceptors (Lipinski definition) is 6. The quantitative estimate of drug-likeness (QED) is 0.318. The smallest absolute Gasteiger partial charge is 0.255 e. The fourth-order valence-electron chi connectivity index (χ4n) is 4.16. The summed E-state index contributed by atoms with van der Waals surface area (Å²) < 4.78 is 0. The maximum Gasteiger partial charge on any atom is 0.255 e. The molecule has 0 saturated carbocycles. The van der Waals surface area contributed by atoms with E-state index < -0.39 is 6.04 Å². The molecule has 172 valence electrons. The molecule has 10 heteroatoms. The Labute approximate surface area is 192 Å². The number of nitrogens with two attached hydrogens (primary N) is 1. The van der Waals surface area contributed by atoms with Gasteiger partial charge >= 0.3 is 0 Å². The number of fused-ring (bicyclic) bond motifs is 1. The molecule has 2 atom stereocenters. The van der Waals surface area contributed by atoms with Crippen molar-refractivity contribution in [2.45, 2.75) is 26.3 Å². The van der Waals surface area contributed by atoms with Crippen LogP contribution < -0.4 is 26.6 Å². The Morgan fingerprint density at radius 2 is 2.09 bits per heavy atom. The lowest BCUT2D eigenvalue weighted by atomic mass is 10.0. The Bertz CT molecular complexity index is 1090. The Morgan fingerprint density at radius 3 is 2.72 bits per heavy atom. The van der Waals surface area contributed by atoms with Gasteiger partial charge in [-0.25, -0.2) is 0 Å². The second-order valence-electron chi connectivity index (χ2n) is 7.97. The number of H-pyrrole nitrogens is 1. The molecule has 2 heterocycles. The lowest BCUT2D eigenvalue weighted by molar-refractivity contribution is -0.123. The van der Waals surface area contributed by atoms with Crippen LogP contribution >= 0.6 is 11.6 Å². The first kappa shape index (κ1) is 23.5. The van der Waals surface area contributed by atoms with Crippen molar-refractivity contribution in [1.82, 2.24) is 26.1 Å². The third kappa shape index (κ3) is 4.38. The number of hydrogen-bond donors (Lipinski definition) is 5. The molecule has 2 amide bonds. The van der Waals surface area contributed by atoms with Gasteiger partial charge in [0.15, 0.2) is 0 Å². The largest absolute Gasteiger partial charge is 0.399 e. The molecule has 6 N–H and O–H groups in total. The van der Waals surface area contributed by atoms with E-state index in [0.29, 0.717) is 29.4 Å². The summed E-state index contributed by atoms with van der Waals surface area (Å²) in [6, 6.07) is 1.44. The van der Waals surface area contributed by atoms with Crippen molar-refractivity contribution in [1.29, 1.82) is 0 Å². The molecule has 32 heavy (non-hydrogen) atoms. The second kappa shape index (κ2) is 9.52. The minimum Gasteiger partial charge on any atom is -0.399 e. The predicted octanol–water partition coefficient (Wildman–Crippen LogP) is 1.93. The molecule has 0 radical (unpaired) electrons. The molecule has 2 aromatic rings. The number of allylic oxidation sites excluding steroid dienone is 1. The van der Waals surface area contributed by atoms with Gasteiger partial charge in [-0.15, -0.1) is 0 Å². The Morgan fingerprint density at radius 1 is 1.38 bits per heavy atom. The van der Waals surface area contributed by atoms with Crippen LogP contribution in [-0.2, 0) is 9.59 Å². The van der Waals surface area contributed by atoms with Crippen LogP contribution in [0.25, 0.3) is 10.9 Å². The van der Waals surface area contributed by atoms with Gasteiger partial charge in [0.2, 0.25) is 5.91 Å². The van der Waals surface area contributed by atoms with Gasteiger partial charge in [-0.3, -0.25) is 14.7 Å². The summed E-state index contributed by atoms with van der Waals surface area (Å²) in [5.41, 5.74) is 9.44. The highest BCUT2D eigenvalue weighted by atomic mass is 35.5. The summed E-state index contributed by atoms with van der Waals surface area (Å²) in [4.78, 5) is 27.3. The standard InChI is InChI=1S/C22H30ClN7O2/c1-11(24)18(13(3)25-4)22(32)28-12(2)15-8-17(23)16-9-27-29-19(16)20(15)30-7-6-14(10-30)21(31)26-5/h8-9,12,14,25H,1,6-7,10,24H2,2-5H3,(H,26,31)(H,27,29)(H,28,32)/b18-13-. The van der Waals surface area contributed by atoms with E-state index >= 15 is 0 Å². The highest BCUT2D eigenvalue weighted by Crippen LogP contribution is 2.39. The van der Waals surface area contributed by atoms with Crippen LogP contribution in [0.2, 0.25) is 5.02 Å². The van der Waals surface area contributed by atoms with Gasteiger partial charge < -0.3 is 26.6 Å². The molecule has 1 aromatic carbocycles. The van der Waals surface area contributed by atoms with Crippen LogP contribution in [0.5, 0.6) is 0 Å². The molecule has 0 aliphatic carbocycles. The maximum atomic E-state index is 13.0. The molecule has 1 aliphatic rings. The number of aromatic amines is 1. The summed E-state index contributed by atoms with van der Waals surface area (Å²) in [7, 11) is 3.36. The monoisotopic (exact) mass is 459 g/mol. The number of nitrogens with zero attached hydrogens (tertiary/aromatic N) is 2. The van der Waals surface area contributed by atoms with Gasteiger partial charge in [-0.1, -0.05) is 18.2 Å². The zero-order valence-corrected chi connectivity index (χ0v) is 19.6. The first-order chi connectivity index (χ1) is 15.2. The first-order valence-corrected chi connectivity index (χ1v) is 10.8. The van der Waals surface area contributed by atoms with Crippen LogP contribution in [0.3, 0.4) is 0 Å². The molecular weight excluding hydrogens is 430 g/mol. The summed E-state index contributed by atoms with van der Waals surface area (Å²) in [5.74, 6) is -0.433. The van der Waals surface area contributed by atoms with Crippen molar-refractivity contribution in [2.24, 2.45) is 11.7 Å². The van der Waals surface area contributed by atoms with E-state index in [1.807, 2.05) is 13.0 Å². The van der Waals surface area contributed by atoms with Crippen LogP contribution in [0.4, 0.5) is 5.69 Å². The van der Waals surface area contributed by atoms with Gasteiger partial charge in [-0.05, 0) is 26.3 Å². The minimum absolute atomic E-state index is 0.0176. The number of benzene rings is 1. The number of rotatable bonds is 7. The lowest BCUT2D eigenvalue weighted by Gasteiger charge is -2.27. The molecule has 1 aromatic heterocycles. The normalized spacial score (nSPS) is 17.7. The molecule has 0 bridgehead atoms. The van der Waals surface area contributed by atoms with E-state index in [1.54, 1.807) is 27.2 Å². The Hall–Kier alpha value is -3.20. The highest BCUT2D eigenvalue weighted by molar-refractivity contribution is 6.36. The first-order valence-electron chi connectivity index (χ1n) is 10.5. The van der Waals surface area contributed by atoms with Crippen molar-refractivity contribution >= 4 is 40.0 Å². The lowest BCUT2D eigenvalue weighted by Crippen LogP contribution is -2.33. The van der Waals surface area contributed by atoms with Crippen LogP contribution in [0.1, 0.15) is 31.9 Å². The summed E-state index contributed by atoms with van der Waals surface area (Å²) in [6.07, 6.45) is 2.41. The van der Waals surface area contributed by atoms with Crippen molar-refractivity contribution in [3.8, 4) is 0 Å². The van der Waals surface area contributed by atoms with Gasteiger partial charge in [0.05, 0.1) is 40.0 Å². The van der Waals surface area contributed by atoms with E-state index in [0.717, 1.165) is 28.6 Å². The molecule has 1 saturated heterocycles. The third-order valence-corrected chi connectivity index (χ3v) is 6.24. The van der Waals surface area contributed by atoms with Crippen molar-refractivity contribution in [3.05, 3.63) is 46.4 Å². The van der Waals surface area contributed by atoms with E-state index in [9.17, 15) is 9.59 Å². The van der Waals surface area contributed by atoms with Crippen LogP contribution in [0.15, 0.2) is 35.8 Å². The molecular formula is C22H30ClN7O2. The summed E-state index contributed by atoms with van der Waals surface area (Å²) in [5, 5.41) is 17.2. The second-order valence-corrected chi connectivity index (χ2v) is 8.38. The topological polar surface area (TPSA) is 128 Å². The molecule has 1 aliphatic heterocycles. The van der Waals surface area contributed by atoms with E-state index in [-0.39, 0.29) is 23.4 Å². The number of halogens is 1. The van der Waals surface area contributed by atoms with Gasteiger partial charge in [-0.2, -0.15) is 5.10 Å². The number of amides is 2. The highest BCUT2D eigenvalue weighted by Gasteiger charge is 2.32. The summed E-state index contributed by atoms with van der Waals surface area (Å²) in [6.45, 7) is 8.63. The number of carbonyl (C=O) groups excluding carboxylic acids is 2. The number of nitrogens with one attached hydrogen (secondary N) is 4. The van der Waals surface area contributed by atoms with Gasteiger partial charge in [0, 0.05) is 49.5 Å². The van der Waals surface area contributed by atoms with Crippen molar-refractivity contribution in [3.63, 3.8) is 0 Å². The fourth-order valence-corrected chi connectivity index (χ4v) is 4.42. The van der Waals surface area contributed by atoms with E-state index in [2.05, 4.69) is 37.6 Å². The number of aromatic nitrogens is 2. The van der Waals surface area contributed by atoms with Gasteiger partial charge in [0.25, 0.3) is 5.91 Å². The number of anilines is 1. The van der Waals surface area contributed by atoms with Crippen LogP contribution in [-0.4, -0.2) is 49.2 Å². The van der Waals surface area contributed by atoms with E-state index in [4.69, 9.17) is 17.3 Å². The molecule has 9 nitrogen and oxygen atoms in total. The zero-order valence-electron chi connectivity index (χ0n) is 18.8. The predicted molar refractivity (Wildman–Crippen MR) is 127 cm³/mol. The third-order valence-electron chi connectivity index (χ3n) is 5.92. The maximum absolute atomic E-state index is 13.0. The number of carbonyl (C=O) groups is 2. The van der Waals surface area contributed by atoms with Gasteiger partial charge in [0.1, 0.15) is 0 Å². The molecule has 0 spiro atoms. The average molecular weight is 460 g/mol.